The van der Waals surface area contributed by atoms with E-state index in [1.54, 1.807) is 18.4 Å². The molecule has 132 valence electrons. The number of aliphatic imine (C=N–C) groups is 1. The summed E-state index contributed by atoms with van der Waals surface area (Å²) in [5.41, 5.74) is 3.59. The lowest BCUT2D eigenvalue weighted by molar-refractivity contribution is -0.118. The van der Waals surface area contributed by atoms with Crippen LogP contribution in [0.1, 0.15) is 24.0 Å². The number of carbonyl (C=O) groups excluding carboxylic acids is 1. The van der Waals surface area contributed by atoms with Crippen LogP contribution in [0.2, 0.25) is 0 Å². The van der Waals surface area contributed by atoms with Crippen LogP contribution in [0.15, 0.2) is 46.1 Å². The van der Waals surface area contributed by atoms with Crippen LogP contribution in [0.5, 0.6) is 0 Å². The van der Waals surface area contributed by atoms with Gasteiger partial charge in [-0.25, -0.2) is 0 Å². The number of hydrogen-bond acceptors (Lipinski definition) is 3. The van der Waals surface area contributed by atoms with Gasteiger partial charge in [-0.2, -0.15) is 11.3 Å². The van der Waals surface area contributed by atoms with Gasteiger partial charge in [0, 0.05) is 38.8 Å². The SMILES string of the molecule is CN=C(NCCCC(=O)N1CCc2ccccc21)NCc1ccsc1. The summed E-state index contributed by atoms with van der Waals surface area (Å²) >= 11 is 1.69. The molecule has 0 spiro atoms. The first-order valence-electron chi connectivity index (χ1n) is 8.62. The van der Waals surface area contributed by atoms with Gasteiger partial charge in [-0.3, -0.25) is 9.79 Å². The molecule has 1 amide bonds. The van der Waals surface area contributed by atoms with Gasteiger partial charge in [0.25, 0.3) is 0 Å². The van der Waals surface area contributed by atoms with Crippen molar-refractivity contribution in [2.24, 2.45) is 4.99 Å². The highest BCUT2D eigenvalue weighted by Crippen LogP contribution is 2.27. The number of para-hydroxylation sites is 1. The molecule has 2 aromatic rings. The standard InChI is InChI=1S/C19H24N4OS/c1-20-19(22-13-15-9-12-25-14-15)21-10-4-7-18(24)23-11-8-16-5-2-3-6-17(16)23/h2-3,5-6,9,12,14H,4,7-8,10-11,13H2,1H3,(H2,20,21,22). The van der Waals surface area contributed by atoms with Crippen LogP contribution in [0.3, 0.4) is 0 Å². The molecule has 1 aliphatic rings. The maximum absolute atomic E-state index is 12.5. The van der Waals surface area contributed by atoms with Gasteiger partial charge in [0.2, 0.25) is 5.91 Å². The van der Waals surface area contributed by atoms with Crippen molar-refractivity contribution in [3.05, 3.63) is 52.2 Å². The second-order valence-electron chi connectivity index (χ2n) is 6.01. The molecule has 3 rings (SSSR count). The Balaban J connectivity index is 1.38. The fraction of sp³-hybridized carbons (Fsp3) is 0.368. The second-order valence-corrected chi connectivity index (χ2v) is 6.79. The molecule has 6 heteroatoms. The minimum atomic E-state index is 0.202. The molecule has 0 atom stereocenters. The molecule has 0 fully saturated rings. The molecule has 25 heavy (non-hydrogen) atoms. The lowest BCUT2D eigenvalue weighted by Gasteiger charge is -2.17. The van der Waals surface area contributed by atoms with Crippen molar-refractivity contribution >= 4 is 28.9 Å². The molecule has 1 aliphatic heterocycles. The second kappa shape index (κ2) is 8.67. The summed E-state index contributed by atoms with van der Waals surface area (Å²) in [7, 11) is 1.76. The topological polar surface area (TPSA) is 56.7 Å². The molecule has 1 aromatic heterocycles. The van der Waals surface area contributed by atoms with Crippen LogP contribution in [0.4, 0.5) is 5.69 Å². The fourth-order valence-corrected chi connectivity index (χ4v) is 3.65. The summed E-state index contributed by atoms with van der Waals surface area (Å²) in [6.45, 7) is 2.28. The lowest BCUT2D eigenvalue weighted by Crippen LogP contribution is -2.37. The van der Waals surface area contributed by atoms with Gasteiger partial charge in [0.1, 0.15) is 0 Å². The van der Waals surface area contributed by atoms with Crippen molar-refractivity contribution in [3.63, 3.8) is 0 Å². The molecular formula is C19H24N4OS. The lowest BCUT2D eigenvalue weighted by atomic mass is 10.2. The van der Waals surface area contributed by atoms with Crippen LogP contribution in [-0.2, 0) is 17.8 Å². The van der Waals surface area contributed by atoms with Crippen molar-refractivity contribution in [2.75, 3.05) is 25.0 Å². The fourth-order valence-electron chi connectivity index (χ4n) is 2.98. The number of benzene rings is 1. The molecule has 1 aromatic carbocycles. The van der Waals surface area contributed by atoms with Gasteiger partial charge in [0.15, 0.2) is 5.96 Å². The quantitative estimate of drug-likeness (QED) is 0.475. The molecule has 2 N–H and O–H groups in total. The third-order valence-electron chi connectivity index (χ3n) is 4.31. The number of carbonyl (C=O) groups is 1. The number of nitrogens with one attached hydrogen (secondary N) is 2. The summed E-state index contributed by atoms with van der Waals surface area (Å²) in [6.07, 6.45) is 2.29. The van der Waals surface area contributed by atoms with Gasteiger partial charge in [0.05, 0.1) is 0 Å². The van der Waals surface area contributed by atoms with E-state index in [1.807, 2.05) is 23.1 Å². The van der Waals surface area contributed by atoms with E-state index in [-0.39, 0.29) is 5.91 Å². The molecule has 0 aliphatic carbocycles. The van der Waals surface area contributed by atoms with E-state index in [2.05, 4.69) is 38.5 Å². The Kier molecular flexibility index (Phi) is 6.06. The van der Waals surface area contributed by atoms with Gasteiger partial charge >= 0.3 is 0 Å². The highest BCUT2D eigenvalue weighted by atomic mass is 32.1. The van der Waals surface area contributed by atoms with E-state index < -0.39 is 0 Å². The number of hydrogen-bond donors (Lipinski definition) is 2. The first-order chi connectivity index (χ1) is 12.3. The predicted molar refractivity (Wildman–Crippen MR) is 104 cm³/mol. The van der Waals surface area contributed by atoms with Gasteiger partial charge in [-0.05, 0) is 46.9 Å². The van der Waals surface area contributed by atoms with Crippen LogP contribution < -0.4 is 15.5 Å². The third kappa shape index (κ3) is 4.60. The Bertz CT molecular complexity index is 727. The Morgan fingerprint density at radius 2 is 2.16 bits per heavy atom. The Hall–Kier alpha value is -2.34. The van der Waals surface area contributed by atoms with Crippen molar-refractivity contribution in [3.8, 4) is 0 Å². The van der Waals surface area contributed by atoms with Crippen molar-refractivity contribution < 1.29 is 4.79 Å². The predicted octanol–water partition coefficient (Wildman–Crippen LogP) is 2.78. The van der Waals surface area contributed by atoms with Crippen LogP contribution in [0, 0.1) is 0 Å². The minimum Gasteiger partial charge on any atom is -0.356 e. The molecule has 0 radical (unpaired) electrons. The van der Waals surface area contributed by atoms with E-state index in [9.17, 15) is 4.79 Å². The minimum absolute atomic E-state index is 0.202. The number of rotatable bonds is 6. The maximum Gasteiger partial charge on any atom is 0.227 e. The number of fused-ring (bicyclic) bond motifs is 1. The molecule has 2 heterocycles. The van der Waals surface area contributed by atoms with Crippen molar-refractivity contribution in [1.29, 1.82) is 0 Å². The number of thiophene rings is 1. The van der Waals surface area contributed by atoms with Gasteiger partial charge in [-0.1, -0.05) is 18.2 Å². The number of anilines is 1. The number of nitrogens with zero attached hydrogens (tertiary/aromatic N) is 2. The van der Waals surface area contributed by atoms with E-state index in [0.29, 0.717) is 6.42 Å². The van der Waals surface area contributed by atoms with Crippen molar-refractivity contribution in [1.82, 2.24) is 10.6 Å². The average Bonchev–Trinajstić information content (AvgIpc) is 3.30. The third-order valence-corrected chi connectivity index (χ3v) is 5.04. The van der Waals surface area contributed by atoms with E-state index in [1.165, 1.54) is 11.1 Å². The highest BCUT2D eigenvalue weighted by Gasteiger charge is 2.23. The zero-order chi connectivity index (χ0) is 17.5. The zero-order valence-corrected chi connectivity index (χ0v) is 15.3. The summed E-state index contributed by atoms with van der Waals surface area (Å²) in [6, 6.07) is 10.3. The average molecular weight is 356 g/mol. The summed E-state index contributed by atoms with van der Waals surface area (Å²) < 4.78 is 0. The zero-order valence-electron chi connectivity index (χ0n) is 14.5. The number of guanidine groups is 1. The first-order valence-corrected chi connectivity index (χ1v) is 9.56. The Morgan fingerprint density at radius 1 is 1.28 bits per heavy atom. The summed E-state index contributed by atoms with van der Waals surface area (Å²) in [5, 5.41) is 10.7. The van der Waals surface area contributed by atoms with Crippen LogP contribution >= 0.6 is 11.3 Å². The smallest absolute Gasteiger partial charge is 0.227 e. The number of amides is 1. The van der Waals surface area contributed by atoms with Gasteiger partial charge in [-0.15, -0.1) is 0 Å². The molecule has 5 nitrogen and oxygen atoms in total. The largest absolute Gasteiger partial charge is 0.356 e. The van der Waals surface area contributed by atoms with E-state index in [4.69, 9.17) is 0 Å². The highest BCUT2D eigenvalue weighted by molar-refractivity contribution is 7.07. The van der Waals surface area contributed by atoms with Crippen LogP contribution in [-0.4, -0.2) is 32.0 Å². The van der Waals surface area contributed by atoms with E-state index >= 15 is 0 Å². The van der Waals surface area contributed by atoms with E-state index in [0.717, 1.165) is 44.1 Å². The Labute approximate surface area is 152 Å². The van der Waals surface area contributed by atoms with Crippen molar-refractivity contribution in [2.45, 2.75) is 25.8 Å². The normalized spacial score (nSPS) is 13.6. The molecular weight excluding hydrogens is 332 g/mol. The Morgan fingerprint density at radius 3 is 2.96 bits per heavy atom. The van der Waals surface area contributed by atoms with Crippen LogP contribution in [0.25, 0.3) is 0 Å². The molecule has 0 unspecified atom stereocenters. The first kappa shape index (κ1) is 17.5. The maximum atomic E-state index is 12.5. The summed E-state index contributed by atoms with van der Waals surface area (Å²) in [4.78, 5) is 18.6. The monoisotopic (exact) mass is 356 g/mol. The molecule has 0 saturated heterocycles. The molecule has 0 bridgehead atoms. The molecule has 0 saturated carbocycles. The summed E-state index contributed by atoms with van der Waals surface area (Å²) in [5.74, 6) is 0.970. The van der Waals surface area contributed by atoms with Gasteiger partial charge < -0.3 is 15.5 Å².